The maximum Gasteiger partial charge on any atom is 0.137 e. The smallest absolute Gasteiger partial charge is 0.137 e. The Morgan fingerprint density at radius 3 is 3.06 bits per heavy atom. The lowest BCUT2D eigenvalue weighted by Crippen LogP contribution is -2.21. The van der Waals surface area contributed by atoms with Crippen molar-refractivity contribution in [2.45, 2.75) is 19.9 Å². The van der Waals surface area contributed by atoms with Gasteiger partial charge in [0, 0.05) is 31.6 Å². The van der Waals surface area contributed by atoms with Crippen LogP contribution in [-0.4, -0.2) is 39.1 Å². The number of hydrogen-bond acceptors (Lipinski definition) is 3. The molecule has 2 aromatic heterocycles. The van der Waals surface area contributed by atoms with E-state index in [1.54, 1.807) is 0 Å². The second-order valence-electron chi connectivity index (χ2n) is 5.20. The minimum atomic E-state index is 0.306. The fourth-order valence-electron chi connectivity index (χ4n) is 2.71. The van der Waals surface area contributed by atoms with Crippen molar-refractivity contribution >= 4 is 5.65 Å². The second-order valence-corrected chi connectivity index (χ2v) is 5.20. The lowest BCUT2D eigenvalue weighted by Gasteiger charge is -2.13. The lowest BCUT2D eigenvalue weighted by molar-refractivity contribution is 0.219. The van der Waals surface area contributed by atoms with Gasteiger partial charge in [-0.15, -0.1) is 0 Å². The Kier molecular flexibility index (Phi) is 3.06. The maximum atomic E-state index is 9.15. The molecule has 1 unspecified atom stereocenters. The largest absolute Gasteiger partial charge is 0.396 e. The van der Waals surface area contributed by atoms with E-state index >= 15 is 0 Å². The molecule has 1 atom stereocenters. The normalized spacial score (nSPS) is 20.9. The molecule has 0 aliphatic carbocycles. The highest BCUT2D eigenvalue weighted by Gasteiger charge is 2.22. The molecule has 0 amide bonds. The second kappa shape index (κ2) is 4.71. The number of imidazole rings is 1. The first-order valence-electron chi connectivity index (χ1n) is 6.53. The number of aliphatic hydroxyl groups is 1. The summed E-state index contributed by atoms with van der Waals surface area (Å²) >= 11 is 0. The zero-order chi connectivity index (χ0) is 12.5. The Morgan fingerprint density at radius 2 is 2.33 bits per heavy atom. The summed E-state index contributed by atoms with van der Waals surface area (Å²) in [6, 6.07) is 6.17. The van der Waals surface area contributed by atoms with Gasteiger partial charge in [0.2, 0.25) is 0 Å². The standard InChI is InChI=1S/C14H19N3O/c1-11-3-2-4-14-15-13(9-17(11)14)8-16-6-5-12(7-16)10-18/h2-4,9,12,18H,5-8,10H2,1H3. The van der Waals surface area contributed by atoms with Crippen LogP contribution in [-0.2, 0) is 6.54 Å². The van der Waals surface area contributed by atoms with E-state index in [1.807, 2.05) is 12.1 Å². The first-order chi connectivity index (χ1) is 8.76. The van der Waals surface area contributed by atoms with E-state index in [0.717, 1.165) is 37.4 Å². The molecule has 1 fully saturated rings. The quantitative estimate of drug-likeness (QED) is 0.890. The number of hydrogen-bond donors (Lipinski definition) is 1. The summed E-state index contributed by atoms with van der Waals surface area (Å²) in [4.78, 5) is 7.02. The number of pyridine rings is 1. The van der Waals surface area contributed by atoms with E-state index < -0.39 is 0 Å². The number of likely N-dealkylation sites (tertiary alicyclic amines) is 1. The number of aromatic nitrogens is 2. The summed E-state index contributed by atoms with van der Waals surface area (Å²) in [6.07, 6.45) is 3.22. The van der Waals surface area contributed by atoms with E-state index in [1.165, 1.54) is 5.69 Å². The molecule has 18 heavy (non-hydrogen) atoms. The zero-order valence-electron chi connectivity index (χ0n) is 10.7. The van der Waals surface area contributed by atoms with Gasteiger partial charge >= 0.3 is 0 Å². The Balaban J connectivity index is 1.77. The third-order valence-electron chi connectivity index (χ3n) is 3.76. The van der Waals surface area contributed by atoms with Crippen molar-refractivity contribution < 1.29 is 5.11 Å². The molecule has 0 bridgehead atoms. The van der Waals surface area contributed by atoms with Crippen LogP contribution in [0.15, 0.2) is 24.4 Å². The van der Waals surface area contributed by atoms with Gasteiger partial charge < -0.3 is 9.51 Å². The van der Waals surface area contributed by atoms with Crippen molar-refractivity contribution in [3.05, 3.63) is 35.8 Å². The number of rotatable bonds is 3. The van der Waals surface area contributed by atoms with Crippen LogP contribution in [0.1, 0.15) is 17.8 Å². The monoisotopic (exact) mass is 245 g/mol. The van der Waals surface area contributed by atoms with E-state index in [-0.39, 0.29) is 0 Å². The SMILES string of the molecule is Cc1cccc2nc(CN3CCC(CO)C3)cn12. The van der Waals surface area contributed by atoms with Crippen LogP contribution < -0.4 is 0 Å². The molecule has 4 nitrogen and oxygen atoms in total. The molecule has 96 valence electrons. The van der Waals surface area contributed by atoms with Gasteiger partial charge in [-0.1, -0.05) is 6.07 Å². The maximum absolute atomic E-state index is 9.15. The van der Waals surface area contributed by atoms with Crippen molar-refractivity contribution in [3.63, 3.8) is 0 Å². The lowest BCUT2D eigenvalue weighted by atomic mass is 10.1. The molecule has 1 aliphatic heterocycles. The van der Waals surface area contributed by atoms with Crippen molar-refractivity contribution in [2.75, 3.05) is 19.7 Å². The predicted octanol–water partition coefficient (Wildman–Crippen LogP) is 1.46. The number of nitrogens with zero attached hydrogens (tertiary/aromatic N) is 3. The van der Waals surface area contributed by atoms with Gasteiger partial charge in [0.1, 0.15) is 5.65 Å². The molecule has 2 aromatic rings. The average molecular weight is 245 g/mol. The van der Waals surface area contributed by atoms with Crippen LogP contribution in [0.2, 0.25) is 0 Å². The molecule has 1 saturated heterocycles. The summed E-state index contributed by atoms with van der Waals surface area (Å²) in [7, 11) is 0. The van der Waals surface area contributed by atoms with Gasteiger partial charge in [-0.05, 0) is 37.9 Å². The fourth-order valence-corrected chi connectivity index (χ4v) is 2.71. The van der Waals surface area contributed by atoms with Crippen LogP contribution in [0.3, 0.4) is 0 Å². The molecule has 3 heterocycles. The van der Waals surface area contributed by atoms with E-state index in [4.69, 9.17) is 5.11 Å². The number of aliphatic hydroxyl groups excluding tert-OH is 1. The third-order valence-corrected chi connectivity index (χ3v) is 3.76. The molecular weight excluding hydrogens is 226 g/mol. The van der Waals surface area contributed by atoms with Crippen molar-refractivity contribution in [1.29, 1.82) is 0 Å². The highest BCUT2D eigenvalue weighted by molar-refractivity contribution is 5.41. The first kappa shape index (κ1) is 11.7. The minimum Gasteiger partial charge on any atom is -0.396 e. The van der Waals surface area contributed by atoms with E-state index in [0.29, 0.717) is 12.5 Å². The zero-order valence-corrected chi connectivity index (χ0v) is 10.7. The fraction of sp³-hybridized carbons (Fsp3) is 0.500. The van der Waals surface area contributed by atoms with Gasteiger partial charge in [-0.25, -0.2) is 4.98 Å². The number of fused-ring (bicyclic) bond motifs is 1. The predicted molar refractivity (Wildman–Crippen MR) is 70.4 cm³/mol. The summed E-state index contributed by atoms with van der Waals surface area (Å²) in [6.45, 7) is 5.34. The Hall–Kier alpha value is -1.39. The molecule has 0 radical (unpaired) electrons. The Bertz CT molecular complexity index is 549. The van der Waals surface area contributed by atoms with Crippen LogP contribution in [0, 0.1) is 12.8 Å². The molecule has 1 aliphatic rings. The Morgan fingerprint density at radius 1 is 1.44 bits per heavy atom. The Labute approximate surface area is 107 Å². The molecule has 0 aromatic carbocycles. The summed E-state index contributed by atoms with van der Waals surface area (Å²) < 4.78 is 2.13. The van der Waals surface area contributed by atoms with E-state index in [9.17, 15) is 0 Å². The van der Waals surface area contributed by atoms with Crippen molar-refractivity contribution in [3.8, 4) is 0 Å². The van der Waals surface area contributed by atoms with E-state index in [2.05, 4.69) is 33.5 Å². The van der Waals surface area contributed by atoms with Crippen molar-refractivity contribution in [2.24, 2.45) is 5.92 Å². The van der Waals surface area contributed by atoms with Crippen molar-refractivity contribution in [1.82, 2.24) is 14.3 Å². The molecule has 0 saturated carbocycles. The minimum absolute atomic E-state index is 0.306. The summed E-state index contributed by atoms with van der Waals surface area (Å²) in [5.41, 5.74) is 3.34. The van der Waals surface area contributed by atoms with Gasteiger partial charge in [-0.2, -0.15) is 0 Å². The van der Waals surface area contributed by atoms with Crippen LogP contribution in [0.25, 0.3) is 5.65 Å². The molecular formula is C14H19N3O. The van der Waals surface area contributed by atoms with Gasteiger partial charge in [0.25, 0.3) is 0 Å². The van der Waals surface area contributed by atoms with Gasteiger partial charge in [-0.3, -0.25) is 4.90 Å². The highest BCUT2D eigenvalue weighted by atomic mass is 16.3. The van der Waals surface area contributed by atoms with Crippen LogP contribution in [0.4, 0.5) is 0 Å². The highest BCUT2D eigenvalue weighted by Crippen LogP contribution is 2.18. The number of aryl methyl sites for hydroxylation is 1. The molecule has 1 N–H and O–H groups in total. The average Bonchev–Trinajstić information content (AvgIpc) is 2.96. The molecule has 0 spiro atoms. The first-order valence-corrected chi connectivity index (χ1v) is 6.53. The van der Waals surface area contributed by atoms with Gasteiger partial charge in [0.05, 0.1) is 5.69 Å². The van der Waals surface area contributed by atoms with Crippen LogP contribution in [0.5, 0.6) is 0 Å². The molecule has 3 rings (SSSR count). The van der Waals surface area contributed by atoms with Crippen LogP contribution >= 0.6 is 0 Å². The van der Waals surface area contributed by atoms with Gasteiger partial charge in [0.15, 0.2) is 0 Å². The summed E-state index contributed by atoms with van der Waals surface area (Å²) in [5, 5.41) is 9.15. The third kappa shape index (κ3) is 2.13. The molecule has 4 heteroatoms. The summed E-state index contributed by atoms with van der Waals surface area (Å²) in [5.74, 6) is 0.448. The topological polar surface area (TPSA) is 40.8 Å².